The standard InChI is InChI=1S/C16H21N3OS/c1-4-5-10-16(11-17)15(13(3)18-19-16)21(20)14-8-6-12(2)7-9-14/h6-9,13,15H,4-5,10H2,1-3H3/t13-,15-,16-,21?/m0/s1. The SMILES string of the molecule is CCCC[C@@]1(C#N)N=N[C@@H](C)[C@@H]1S(=O)c1ccc(C)cc1. The molecule has 0 N–H and O–H groups in total. The first kappa shape index (κ1) is 15.8. The van der Waals surface area contributed by atoms with Crippen LogP contribution >= 0.6 is 0 Å². The van der Waals surface area contributed by atoms with Crippen molar-refractivity contribution >= 4 is 10.8 Å². The number of hydrogen-bond donors (Lipinski definition) is 0. The second-order valence-electron chi connectivity index (χ2n) is 5.63. The molecule has 1 aliphatic heterocycles. The van der Waals surface area contributed by atoms with Gasteiger partial charge in [-0.3, -0.25) is 4.21 Å². The van der Waals surface area contributed by atoms with Crippen molar-refractivity contribution in [2.24, 2.45) is 10.2 Å². The van der Waals surface area contributed by atoms with E-state index in [1.807, 2.05) is 38.1 Å². The minimum atomic E-state index is -1.28. The van der Waals surface area contributed by atoms with Crippen LogP contribution in [0.25, 0.3) is 0 Å². The molecule has 0 radical (unpaired) electrons. The van der Waals surface area contributed by atoms with E-state index in [1.54, 1.807) is 0 Å². The van der Waals surface area contributed by atoms with Gasteiger partial charge in [0.15, 0.2) is 5.54 Å². The van der Waals surface area contributed by atoms with Crippen molar-refractivity contribution in [2.45, 2.75) is 61.8 Å². The molecule has 5 heteroatoms. The predicted molar refractivity (Wildman–Crippen MR) is 83.6 cm³/mol. The van der Waals surface area contributed by atoms with E-state index in [-0.39, 0.29) is 11.3 Å². The summed E-state index contributed by atoms with van der Waals surface area (Å²) in [5, 5.41) is 17.7. The Hall–Kier alpha value is -1.54. The summed E-state index contributed by atoms with van der Waals surface area (Å²) in [5.74, 6) is 0. The number of rotatable bonds is 5. The van der Waals surface area contributed by atoms with Crippen LogP contribution in [0, 0.1) is 18.3 Å². The molecular weight excluding hydrogens is 282 g/mol. The summed E-state index contributed by atoms with van der Waals surface area (Å²) in [6.45, 7) is 5.97. The number of nitrogens with zero attached hydrogens (tertiary/aromatic N) is 3. The molecule has 0 aromatic heterocycles. The van der Waals surface area contributed by atoms with Crippen LogP contribution < -0.4 is 0 Å². The van der Waals surface area contributed by atoms with Crippen LogP contribution in [0.15, 0.2) is 39.4 Å². The highest BCUT2D eigenvalue weighted by molar-refractivity contribution is 7.85. The van der Waals surface area contributed by atoms with Crippen molar-refractivity contribution in [3.05, 3.63) is 29.8 Å². The fourth-order valence-corrected chi connectivity index (χ4v) is 4.35. The van der Waals surface area contributed by atoms with Gasteiger partial charge in [-0.1, -0.05) is 37.5 Å². The lowest BCUT2D eigenvalue weighted by Gasteiger charge is -2.26. The topological polar surface area (TPSA) is 65.6 Å². The van der Waals surface area contributed by atoms with Crippen LogP contribution in [-0.2, 0) is 10.8 Å². The van der Waals surface area contributed by atoms with Crippen LogP contribution in [0.1, 0.15) is 38.7 Å². The highest BCUT2D eigenvalue weighted by Gasteiger charge is 2.50. The lowest BCUT2D eigenvalue weighted by atomic mass is 9.89. The van der Waals surface area contributed by atoms with E-state index < -0.39 is 16.3 Å². The zero-order valence-corrected chi connectivity index (χ0v) is 13.6. The van der Waals surface area contributed by atoms with Gasteiger partial charge in [0.1, 0.15) is 5.25 Å². The molecule has 112 valence electrons. The maximum atomic E-state index is 12.9. The second kappa shape index (κ2) is 6.48. The van der Waals surface area contributed by atoms with Crippen LogP contribution in [-0.4, -0.2) is 21.0 Å². The maximum Gasteiger partial charge on any atom is 0.184 e. The van der Waals surface area contributed by atoms with Gasteiger partial charge < -0.3 is 0 Å². The first-order valence-electron chi connectivity index (χ1n) is 7.34. The van der Waals surface area contributed by atoms with E-state index in [1.165, 1.54) is 0 Å². The van der Waals surface area contributed by atoms with E-state index in [4.69, 9.17) is 0 Å². The summed E-state index contributed by atoms with van der Waals surface area (Å²) in [5.41, 5.74) is 0.188. The van der Waals surface area contributed by atoms with Gasteiger partial charge in [-0.25, -0.2) is 0 Å². The van der Waals surface area contributed by atoms with E-state index in [2.05, 4.69) is 23.2 Å². The summed E-state index contributed by atoms with van der Waals surface area (Å²) in [6.07, 6.45) is 2.49. The van der Waals surface area contributed by atoms with Crippen molar-refractivity contribution in [3.8, 4) is 6.07 Å². The van der Waals surface area contributed by atoms with Gasteiger partial charge in [-0.05, 0) is 32.4 Å². The molecule has 4 nitrogen and oxygen atoms in total. The van der Waals surface area contributed by atoms with Crippen molar-refractivity contribution < 1.29 is 4.21 Å². The predicted octanol–water partition coefficient (Wildman–Crippen LogP) is 3.78. The van der Waals surface area contributed by atoms with E-state index >= 15 is 0 Å². The number of aryl methyl sites for hydroxylation is 1. The Morgan fingerprint density at radius 1 is 1.38 bits per heavy atom. The average Bonchev–Trinajstić information content (AvgIpc) is 2.82. The molecule has 1 heterocycles. The highest BCUT2D eigenvalue weighted by Crippen LogP contribution is 2.37. The van der Waals surface area contributed by atoms with Crippen molar-refractivity contribution in [1.82, 2.24) is 0 Å². The molecule has 0 spiro atoms. The molecule has 0 saturated heterocycles. The quantitative estimate of drug-likeness (QED) is 0.831. The number of unbranched alkanes of at least 4 members (excludes halogenated alkanes) is 1. The van der Waals surface area contributed by atoms with Gasteiger partial charge in [-0.2, -0.15) is 15.5 Å². The Morgan fingerprint density at radius 3 is 2.62 bits per heavy atom. The van der Waals surface area contributed by atoms with E-state index in [0.29, 0.717) is 6.42 Å². The molecule has 0 bridgehead atoms. The van der Waals surface area contributed by atoms with Gasteiger partial charge in [0, 0.05) is 4.90 Å². The van der Waals surface area contributed by atoms with Crippen LogP contribution in [0.4, 0.5) is 0 Å². The molecule has 0 amide bonds. The summed E-state index contributed by atoms with van der Waals surface area (Å²) < 4.78 is 12.9. The molecule has 1 unspecified atom stereocenters. The molecule has 0 saturated carbocycles. The Labute approximate surface area is 128 Å². The Kier molecular flexibility index (Phi) is 4.89. The molecule has 0 fully saturated rings. The average molecular weight is 303 g/mol. The van der Waals surface area contributed by atoms with Gasteiger partial charge in [0.05, 0.1) is 22.9 Å². The smallest absolute Gasteiger partial charge is 0.184 e. The van der Waals surface area contributed by atoms with Crippen LogP contribution in [0.3, 0.4) is 0 Å². The van der Waals surface area contributed by atoms with Crippen LogP contribution in [0.5, 0.6) is 0 Å². The van der Waals surface area contributed by atoms with Crippen LogP contribution in [0.2, 0.25) is 0 Å². The molecule has 1 aromatic carbocycles. The summed E-state index contributed by atoms with van der Waals surface area (Å²) in [6, 6.07) is 9.75. The van der Waals surface area contributed by atoms with Gasteiger partial charge in [0.25, 0.3) is 0 Å². The lowest BCUT2D eigenvalue weighted by molar-refractivity contribution is 0.470. The number of benzene rings is 1. The van der Waals surface area contributed by atoms with Crippen molar-refractivity contribution in [2.75, 3.05) is 0 Å². The Balaban J connectivity index is 2.32. The summed E-state index contributed by atoms with van der Waals surface area (Å²) in [7, 11) is -1.28. The van der Waals surface area contributed by atoms with Crippen molar-refractivity contribution in [1.29, 1.82) is 5.26 Å². The van der Waals surface area contributed by atoms with E-state index in [0.717, 1.165) is 23.3 Å². The maximum absolute atomic E-state index is 12.9. The fraction of sp³-hybridized carbons (Fsp3) is 0.562. The van der Waals surface area contributed by atoms with Crippen molar-refractivity contribution in [3.63, 3.8) is 0 Å². The largest absolute Gasteiger partial charge is 0.254 e. The minimum Gasteiger partial charge on any atom is -0.254 e. The second-order valence-corrected chi connectivity index (χ2v) is 7.20. The zero-order chi connectivity index (χ0) is 15.5. The lowest BCUT2D eigenvalue weighted by Crippen LogP contribution is -2.43. The Morgan fingerprint density at radius 2 is 2.05 bits per heavy atom. The molecular formula is C16H21N3OS. The first-order chi connectivity index (χ1) is 10.0. The van der Waals surface area contributed by atoms with Gasteiger partial charge in [-0.15, -0.1) is 0 Å². The normalized spacial score (nSPS) is 29.2. The number of azo groups is 1. The highest BCUT2D eigenvalue weighted by atomic mass is 32.2. The molecule has 0 aliphatic carbocycles. The third kappa shape index (κ3) is 3.06. The molecule has 1 aromatic rings. The monoisotopic (exact) mass is 303 g/mol. The summed E-state index contributed by atoms with van der Waals surface area (Å²) in [4.78, 5) is 0.751. The van der Waals surface area contributed by atoms with E-state index in [9.17, 15) is 9.47 Å². The molecule has 4 atom stereocenters. The fourth-order valence-electron chi connectivity index (χ4n) is 2.67. The van der Waals surface area contributed by atoms with Gasteiger partial charge in [0.2, 0.25) is 0 Å². The molecule has 2 rings (SSSR count). The zero-order valence-electron chi connectivity index (χ0n) is 12.7. The minimum absolute atomic E-state index is 0.191. The molecule has 1 aliphatic rings. The third-order valence-corrected chi connectivity index (χ3v) is 5.90. The third-order valence-electron chi connectivity index (χ3n) is 3.92. The summed E-state index contributed by atoms with van der Waals surface area (Å²) >= 11 is 0. The Bertz CT molecular complexity index is 591. The number of hydrogen-bond acceptors (Lipinski definition) is 4. The first-order valence-corrected chi connectivity index (χ1v) is 8.56. The van der Waals surface area contributed by atoms with Gasteiger partial charge >= 0.3 is 0 Å². The number of nitriles is 1. The molecule has 21 heavy (non-hydrogen) atoms.